The van der Waals surface area contributed by atoms with Crippen LogP contribution in [0, 0.1) is 12.8 Å². The second-order valence-electron chi connectivity index (χ2n) is 8.29. The lowest BCUT2D eigenvalue weighted by molar-refractivity contribution is -0.127. The Balaban J connectivity index is 1.47. The number of nitrogens with zero attached hydrogens (tertiary/aromatic N) is 1. The second-order valence-corrected chi connectivity index (χ2v) is 8.29. The molecule has 0 radical (unpaired) electrons. The van der Waals surface area contributed by atoms with Gasteiger partial charge in [-0.3, -0.25) is 9.59 Å². The Kier molecular flexibility index (Phi) is 8.31. The number of benzene rings is 2. The van der Waals surface area contributed by atoms with Crippen LogP contribution >= 0.6 is 0 Å². The number of nitrogens with two attached hydrogens (primary N) is 1. The lowest BCUT2D eigenvalue weighted by atomic mass is 9.90. The summed E-state index contributed by atoms with van der Waals surface area (Å²) < 4.78 is 10.6. The number of aryl methyl sites for hydroxylation is 2. The molecule has 6 nitrogen and oxygen atoms in total. The van der Waals surface area contributed by atoms with Crippen molar-refractivity contribution in [2.45, 2.75) is 32.6 Å². The van der Waals surface area contributed by atoms with Gasteiger partial charge in [0.15, 0.2) is 18.1 Å². The van der Waals surface area contributed by atoms with Crippen molar-refractivity contribution in [3.8, 4) is 11.5 Å². The highest BCUT2D eigenvalue weighted by atomic mass is 16.5. The molecular weight excluding hydrogens is 404 g/mol. The van der Waals surface area contributed by atoms with Gasteiger partial charge in [0.05, 0.1) is 7.11 Å². The average molecular weight is 437 g/mol. The van der Waals surface area contributed by atoms with E-state index in [1.807, 2.05) is 4.90 Å². The summed E-state index contributed by atoms with van der Waals surface area (Å²) in [5.41, 5.74) is 8.61. The minimum Gasteiger partial charge on any atom is -0.493 e. The molecule has 6 heteroatoms. The van der Waals surface area contributed by atoms with Crippen molar-refractivity contribution in [2.24, 2.45) is 11.7 Å². The number of amides is 2. The lowest BCUT2D eigenvalue weighted by Gasteiger charge is -2.31. The number of ether oxygens (including phenoxy) is 2. The zero-order chi connectivity index (χ0) is 22.9. The van der Waals surface area contributed by atoms with E-state index >= 15 is 0 Å². The van der Waals surface area contributed by atoms with Crippen molar-refractivity contribution < 1.29 is 19.1 Å². The van der Waals surface area contributed by atoms with Gasteiger partial charge in [-0.1, -0.05) is 35.9 Å². The molecule has 2 N–H and O–H groups in total. The fourth-order valence-corrected chi connectivity index (χ4v) is 3.90. The van der Waals surface area contributed by atoms with E-state index in [2.05, 4.69) is 31.2 Å². The first-order valence-corrected chi connectivity index (χ1v) is 11.1. The Morgan fingerprint density at radius 2 is 1.81 bits per heavy atom. The SMILES string of the molecule is COc1cc(/C=C/C(=O)N2CCC(CCc3ccc(C)cc3)CC2)ccc1OCC(N)=O. The van der Waals surface area contributed by atoms with Crippen LogP contribution in [0.15, 0.2) is 48.5 Å². The minimum atomic E-state index is -0.555. The summed E-state index contributed by atoms with van der Waals surface area (Å²) in [4.78, 5) is 25.4. The van der Waals surface area contributed by atoms with Crippen LogP contribution in [0.1, 0.15) is 36.0 Å². The molecule has 0 bridgehead atoms. The van der Waals surface area contributed by atoms with E-state index in [1.54, 1.807) is 30.4 Å². The van der Waals surface area contributed by atoms with Gasteiger partial charge in [-0.25, -0.2) is 0 Å². The van der Waals surface area contributed by atoms with Crippen molar-refractivity contribution in [3.63, 3.8) is 0 Å². The summed E-state index contributed by atoms with van der Waals surface area (Å²) in [6.07, 6.45) is 7.73. The number of likely N-dealkylation sites (tertiary alicyclic amines) is 1. The van der Waals surface area contributed by atoms with Crippen molar-refractivity contribution in [1.29, 1.82) is 0 Å². The molecule has 0 aromatic heterocycles. The van der Waals surface area contributed by atoms with E-state index in [0.717, 1.165) is 37.9 Å². The molecular formula is C26H32N2O4. The van der Waals surface area contributed by atoms with Crippen LogP contribution in [-0.2, 0) is 16.0 Å². The minimum absolute atomic E-state index is 0.0232. The highest BCUT2D eigenvalue weighted by Crippen LogP contribution is 2.29. The maximum absolute atomic E-state index is 12.6. The molecule has 1 fully saturated rings. The maximum Gasteiger partial charge on any atom is 0.255 e. The topological polar surface area (TPSA) is 81.9 Å². The number of hydrogen-bond acceptors (Lipinski definition) is 4. The number of rotatable bonds is 9. The number of piperidine rings is 1. The predicted molar refractivity (Wildman–Crippen MR) is 126 cm³/mol. The number of primary amides is 1. The molecule has 0 saturated carbocycles. The lowest BCUT2D eigenvalue weighted by Crippen LogP contribution is -2.37. The monoisotopic (exact) mass is 436 g/mol. The first-order chi connectivity index (χ1) is 15.4. The highest BCUT2D eigenvalue weighted by molar-refractivity contribution is 5.92. The normalized spacial score (nSPS) is 14.5. The van der Waals surface area contributed by atoms with Gasteiger partial charge < -0.3 is 20.1 Å². The summed E-state index contributed by atoms with van der Waals surface area (Å²) in [7, 11) is 1.52. The van der Waals surface area contributed by atoms with Gasteiger partial charge >= 0.3 is 0 Å². The summed E-state index contributed by atoms with van der Waals surface area (Å²) in [6.45, 7) is 3.48. The van der Waals surface area contributed by atoms with Crippen molar-refractivity contribution >= 4 is 17.9 Å². The molecule has 0 spiro atoms. The van der Waals surface area contributed by atoms with E-state index in [4.69, 9.17) is 15.2 Å². The van der Waals surface area contributed by atoms with Crippen molar-refractivity contribution in [2.75, 3.05) is 26.8 Å². The molecule has 3 rings (SSSR count). The Morgan fingerprint density at radius 1 is 1.09 bits per heavy atom. The molecule has 1 aliphatic rings. The first kappa shape index (κ1) is 23.4. The third-order valence-corrected chi connectivity index (χ3v) is 5.86. The van der Waals surface area contributed by atoms with E-state index in [-0.39, 0.29) is 12.5 Å². The Morgan fingerprint density at radius 3 is 2.47 bits per heavy atom. The summed E-state index contributed by atoms with van der Waals surface area (Å²) in [5, 5.41) is 0. The maximum atomic E-state index is 12.6. The molecule has 2 aromatic rings. The van der Waals surface area contributed by atoms with Crippen LogP contribution in [0.5, 0.6) is 11.5 Å². The van der Waals surface area contributed by atoms with Gasteiger partial charge in [-0.05, 0) is 67.9 Å². The molecule has 1 aliphatic heterocycles. The van der Waals surface area contributed by atoms with E-state index in [0.29, 0.717) is 17.4 Å². The largest absolute Gasteiger partial charge is 0.493 e. The summed E-state index contributed by atoms with van der Waals surface area (Å²) >= 11 is 0. The summed E-state index contributed by atoms with van der Waals surface area (Å²) in [5.74, 6) is 1.05. The molecule has 0 aliphatic carbocycles. The van der Waals surface area contributed by atoms with E-state index < -0.39 is 5.91 Å². The molecule has 1 saturated heterocycles. The van der Waals surface area contributed by atoms with Gasteiger partial charge in [0.1, 0.15) is 0 Å². The van der Waals surface area contributed by atoms with Crippen LogP contribution < -0.4 is 15.2 Å². The van der Waals surface area contributed by atoms with Gasteiger partial charge in [-0.2, -0.15) is 0 Å². The molecule has 170 valence electrons. The average Bonchev–Trinajstić information content (AvgIpc) is 2.81. The molecule has 32 heavy (non-hydrogen) atoms. The third kappa shape index (κ3) is 6.87. The molecule has 2 amide bonds. The van der Waals surface area contributed by atoms with Crippen LogP contribution in [-0.4, -0.2) is 43.5 Å². The fraction of sp³-hybridized carbons (Fsp3) is 0.385. The molecule has 1 heterocycles. The van der Waals surface area contributed by atoms with Crippen LogP contribution in [0.3, 0.4) is 0 Å². The van der Waals surface area contributed by atoms with Gasteiger partial charge in [0.25, 0.3) is 5.91 Å². The molecule has 0 unspecified atom stereocenters. The summed E-state index contributed by atoms with van der Waals surface area (Å²) in [6, 6.07) is 14.0. The van der Waals surface area contributed by atoms with Gasteiger partial charge in [-0.15, -0.1) is 0 Å². The molecule has 2 aromatic carbocycles. The Bertz CT molecular complexity index is 945. The zero-order valence-corrected chi connectivity index (χ0v) is 18.9. The Hall–Kier alpha value is -3.28. The van der Waals surface area contributed by atoms with Crippen LogP contribution in [0.25, 0.3) is 6.08 Å². The fourth-order valence-electron chi connectivity index (χ4n) is 3.90. The van der Waals surface area contributed by atoms with E-state index in [1.165, 1.54) is 24.7 Å². The van der Waals surface area contributed by atoms with Crippen molar-refractivity contribution in [3.05, 3.63) is 65.2 Å². The van der Waals surface area contributed by atoms with Crippen LogP contribution in [0.4, 0.5) is 0 Å². The molecule has 0 atom stereocenters. The van der Waals surface area contributed by atoms with E-state index in [9.17, 15) is 9.59 Å². The second kappa shape index (κ2) is 11.4. The first-order valence-electron chi connectivity index (χ1n) is 11.1. The van der Waals surface area contributed by atoms with Gasteiger partial charge in [0, 0.05) is 19.2 Å². The number of carbonyl (C=O) groups excluding carboxylic acids is 2. The van der Waals surface area contributed by atoms with Gasteiger partial charge in [0.2, 0.25) is 5.91 Å². The standard InChI is InChI=1S/C26H32N2O4/c1-19-3-5-20(6-4-19)7-8-21-13-15-28(16-14-21)26(30)12-10-22-9-11-23(24(17-22)31-2)32-18-25(27)29/h3-6,9-12,17,21H,7-8,13-16,18H2,1-2H3,(H2,27,29)/b12-10+. The number of carbonyl (C=O) groups is 2. The van der Waals surface area contributed by atoms with Crippen LogP contribution in [0.2, 0.25) is 0 Å². The number of methoxy groups -OCH3 is 1. The number of hydrogen-bond donors (Lipinski definition) is 1. The predicted octanol–water partition coefficient (Wildman–Crippen LogP) is 3.75. The quantitative estimate of drug-likeness (QED) is 0.607. The highest BCUT2D eigenvalue weighted by Gasteiger charge is 2.21. The Labute approximate surface area is 190 Å². The smallest absolute Gasteiger partial charge is 0.255 e. The zero-order valence-electron chi connectivity index (χ0n) is 18.9. The van der Waals surface area contributed by atoms with Crippen molar-refractivity contribution in [1.82, 2.24) is 4.90 Å². The third-order valence-electron chi connectivity index (χ3n) is 5.86.